The van der Waals surface area contributed by atoms with Crippen molar-refractivity contribution in [2.75, 3.05) is 33.7 Å². The molecule has 0 saturated carbocycles. The highest BCUT2D eigenvalue weighted by molar-refractivity contribution is 5.92. The van der Waals surface area contributed by atoms with Gasteiger partial charge in [0.2, 0.25) is 0 Å². The molecule has 1 aromatic heterocycles. The number of nitro groups is 1. The number of rotatable bonds is 3. The lowest BCUT2D eigenvalue weighted by atomic mass is 10.1. The molecule has 1 saturated heterocycles. The smallest absolute Gasteiger partial charge is 0.279 e. The summed E-state index contributed by atoms with van der Waals surface area (Å²) in [5, 5.41) is 11.6. The van der Waals surface area contributed by atoms with Gasteiger partial charge in [-0.2, -0.15) is 0 Å². The van der Waals surface area contributed by atoms with Crippen LogP contribution in [0.2, 0.25) is 0 Å². The normalized spacial score (nSPS) is 20.2. The monoisotopic (exact) mass is 302 g/mol. The first-order chi connectivity index (χ1) is 10.6. The van der Waals surface area contributed by atoms with E-state index >= 15 is 0 Å². The molecule has 1 aliphatic heterocycles. The highest BCUT2D eigenvalue weighted by Crippen LogP contribution is 2.32. The van der Waals surface area contributed by atoms with Gasteiger partial charge in [-0.15, -0.1) is 0 Å². The maximum atomic E-state index is 11.1. The fraction of sp³-hybridized carbons (Fsp3) is 0.400. The molecule has 7 heteroatoms. The minimum Gasteiger partial charge on any atom is -0.471 e. The van der Waals surface area contributed by atoms with E-state index in [4.69, 9.17) is 4.74 Å². The fourth-order valence-corrected chi connectivity index (χ4v) is 2.63. The Morgan fingerprint density at radius 3 is 2.91 bits per heavy atom. The summed E-state index contributed by atoms with van der Waals surface area (Å²) in [6, 6.07) is 6.51. The van der Waals surface area contributed by atoms with Gasteiger partial charge in [0.1, 0.15) is 11.3 Å². The Bertz CT molecular complexity index is 706. The molecule has 1 aliphatic rings. The molecular weight excluding hydrogens is 284 g/mol. The first-order valence-electron chi connectivity index (χ1n) is 7.14. The zero-order valence-corrected chi connectivity index (χ0v) is 12.6. The van der Waals surface area contributed by atoms with Gasteiger partial charge in [-0.3, -0.25) is 20.0 Å². The van der Waals surface area contributed by atoms with Crippen molar-refractivity contribution < 1.29 is 9.66 Å². The van der Waals surface area contributed by atoms with Gasteiger partial charge in [0, 0.05) is 31.9 Å². The molecule has 116 valence electrons. The summed E-state index contributed by atoms with van der Waals surface area (Å²) in [7, 11) is 4.06. The minimum atomic E-state index is -0.395. The van der Waals surface area contributed by atoms with Gasteiger partial charge in [0.15, 0.2) is 6.23 Å². The van der Waals surface area contributed by atoms with Crippen LogP contribution in [0.1, 0.15) is 0 Å². The predicted molar refractivity (Wildman–Crippen MR) is 82.9 cm³/mol. The molecule has 0 N–H and O–H groups in total. The van der Waals surface area contributed by atoms with E-state index in [9.17, 15) is 10.1 Å². The molecule has 1 fully saturated rings. The molecule has 1 atom stereocenters. The summed E-state index contributed by atoms with van der Waals surface area (Å²) in [6.45, 7) is 2.69. The highest BCUT2D eigenvalue weighted by Gasteiger charge is 2.25. The van der Waals surface area contributed by atoms with Crippen molar-refractivity contribution in [1.29, 1.82) is 0 Å². The molecule has 0 spiro atoms. The van der Waals surface area contributed by atoms with Crippen molar-refractivity contribution >= 4 is 16.6 Å². The molecule has 0 radical (unpaired) electrons. The number of nitrogens with zero attached hydrogens (tertiary/aromatic N) is 4. The van der Waals surface area contributed by atoms with E-state index in [1.54, 1.807) is 24.4 Å². The molecule has 2 heterocycles. The second kappa shape index (κ2) is 5.86. The number of fused-ring (bicyclic) bond motifs is 1. The van der Waals surface area contributed by atoms with Crippen molar-refractivity contribution in [2.45, 2.75) is 6.23 Å². The Balaban J connectivity index is 1.98. The quantitative estimate of drug-likeness (QED) is 0.635. The van der Waals surface area contributed by atoms with Gasteiger partial charge in [-0.1, -0.05) is 0 Å². The van der Waals surface area contributed by atoms with E-state index in [0.717, 1.165) is 19.6 Å². The lowest BCUT2D eigenvalue weighted by Crippen LogP contribution is -2.52. The van der Waals surface area contributed by atoms with Crippen molar-refractivity contribution in [3.05, 3.63) is 40.6 Å². The average molecular weight is 302 g/mol. The first-order valence-corrected chi connectivity index (χ1v) is 7.14. The van der Waals surface area contributed by atoms with E-state index in [1.165, 1.54) is 6.07 Å². The number of non-ortho nitro benzene ring substituents is 1. The molecule has 7 nitrogen and oxygen atoms in total. The van der Waals surface area contributed by atoms with Crippen LogP contribution in [0.25, 0.3) is 10.9 Å². The van der Waals surface area contributed by atoms with Crippen LogP contribution in [-0.4, -0.2) is 59.7 Å². The Labute approximate surface area is 128 Å². The van der Waals surface area contributed by atoms with Gasteiger partial charge in [-0.05, 0) is 32.3 Å². The minimum absolute atomic E-state index is 0.0459. The van der Waals surface area contributed by atoms with Gasteiger partial charge >= 0.3 is 0 Å². The van der Waals surface area contributed by atoms with E-state index < -0.39 is 4.92 Å². The summed E-state index contributed by atoms with van der Waals surface area (Å²) in [6.07, 6.45) is 1.53. The van der Waals surface area contributed by atoms with Crippen molar-refractivity contribution in [3.63, 3.8) is 0 Å². The van der Waals surface area contributed by atoms with E-state index in [2.05, 4.69) is 21.8 Å². The number of benzene rings is 1. The largest absolute Gasteiger partial charge is 0.471 e. The molecule has 2 aromatic rings. The molecule has 1 aromatic carbocycles. The zero-order valence-electron chi connectivity index (χ0n) is 12.6. The van der Waals surface area contributed by atoms with E-state index in [-0.39, 0.29) is 11.9 Å². The maximum Gasteiger partial charge on any atom is 0.279 e. The molecule has 1 unspecified atom stereocenters. The Morgan fingerprint density at radius 1 is 1.32 bits per heavy atom. The van der Waals surface area contributed by atoms with Gasteiger partial charge in [0.25, 0.3) is 5.69 Å². The number of nitro benzene ring substituents is 1. The van der Waals surface area contributed by atoms with Crippen LogP contribution < -0.4 is 4.74 Å². The number of ether oxygens (including phenoxy) is 1. The van der Waals surface area contributed by atoms with Crippen molar-refractivity contribution in [2.24, 2.45) is 0 Å². The number of hydrogen-bond acceptors (Lipinski definition) is 6. The lowest BCUT2D eigenvalue weighted by molar-refractivity contribution is -0.383. The van der Waals surface area contributed by atoms with E-state index in [0.29, 0.717) is 16.7 Å². The molecule has 0 amide bonds. The number of aromatic nitrogens is 1. The van der Waals surface area contributed by atoms with Crippen molar-refractivity contribution in [3.8, 4) is 5.75 Å². The van der Waals surface area contributed by atoms with Crippen LogP contribution in [0.3, 0.4) is 0 Å². The first kappa shape index (κ1) is 14.7. The number of piperazine rings is 1. The second-order valence-electron chi connectivity index (χ2n) is 5.55. The summed E-state index contributed by atoms with van der Waals surface area (Å²) < 4.78 is 6.09. The van der Waals surface area contributed by atoms with Gasteiger partial charge in [-0.25, -0.2) is 0 Å². The summed E-state index contributed by atoms with van der Waals surface area (Å²) in [5.74, 6) is 0.577. The third kappa shape index (κ3) is 2.72. The number of likely N-dealkylation sites (N-methyl/N-ethyl adjacent to an activating group) is 2. The van der Waals surface area contributed by atoms with Crippen LogP contribution in [0.5, 0.6) is 5.75 Å². The highest BCUT2D eigenvalue weighted by atomic mass is 16.6. The summed E-state index contributed by atoms with van der Waals surface area (Å²) >= 11 is 0. The summed E-state index contributed by atoms with van der Waals surface area (Å²) in [4.78, 5) is 19.3. The summed E-state index contributed by atoms with van der Waals surface area (Å²) in [5.41, 5.74) is 0.572. The van der Waals surface area contributed by atoms with Crippen LogP contribution in [0.4, 0.5) is 5.69 Å². The molecule has 0 aliphatic carbocycles. The zero-order chi connectivity index (χ0) is 15.7. The standard InChI is InChI=1S/C15H18N4O3/c1-17-8-9-18(2)14(10-17)22-13-6-5-12(19(20)21)11-4-3-7-16-15(11)13/h3-7,14H,8-10H2,1-2H3. The molecule has 0 bridgehead atoms. The van der Waals surface area contributed by atoms with E-state index in [1.807, 2.05) is 7.05 Å². The SMILES string of the molecule is CN1CCN(C)C(Oc2ccc([N+](=O)[O-])c3cccnc23)C1. The Hall–Kier alpha value is -2.25. The predicted octanol–water partition coefficient (Wildman–Crippen LogP) is 1.73. The topological polar surface area (TPSA) is 71.7 Å². The van der Waals surface area contributed by atoms with Crippen LogP contribution in [-0.2, 0) is 0 Å². The van der Waals surface area contributed by atoms with Gasteiger partial charge in [0.05, 0.1) is 10.3 Å². The van der Waals surface area contributed by atoms with Crippen LogP contribution in [0, 0.1) is 10.1 Å². The fourth-order valence-electron chi connectivity index (χ4n) is 2.63. The number of pyridine rings is 1. The van der Waals surface area contributed by atoms with Crippen LogP contribution in [0.15, 0.2) is 30.5 Å². The third-order valence-corrected chi connectivity index (χ3v) is 3.96. The number of hydrogen-bond donors (Lipinski definition) is 0. The van der Waals surface area contributed by atoms with Gasteiger partial charge < -0.3 is 9.64 Å². The third-order valence-electron chi connectivity index (χ3n) is 3.96. The maximum absolute atomic E-state index is 11.1. The molecule has 3 rings (SSSR count). The second-order valence-corrected chi connectivity index (χ2v) is 5.55. The Morgan fingerprint density at radius 2 is 2.14 bits per heavy atom. The molecule has 22 heavy (non-hydrogen) atoms. The molecular formula is C15H18N4O3. The average Bonchev–Trinajstić information content (AvgIpc) is 2.51. The Kier molecular flexibility index (Phi) is 3.91. The van der Waals surface area contributed by atoms with Crippen LogP contribution >= 0.6 is 0 Å². The van der Waals surface area contributed by atoms with Crippen molar-refractivity contribution in [1.82, 2.24) is 14.8 Å². The lowest BCUT2D eigenvalue weighted by Gasteiger charge is -2.37.